The van der Waals surface area contributed by atoms with Gasteiger partial charge in [0.1, 0.15) is 24.7 Å². The molecule has 7 nitrogen and oxygen atoms in total. The first-order chi connectivity index (χ1) is 11.1. The molecular formula is C16H18N4O3. The first-order valence-electron chi connectivity index (χ1n) is 7.41. The molecule has 23 heavy (non-hydrogen) atoms. The second-order valence-electron chi connectivity index (χ2n) is 5.40. The molecule has 2 heterocycles. The molecule has 0 unspecified atom stereocenters. The molecule has 0 spiro atoms. The summed E-state index contributed by atoms with van der Waals surface area (Å²) in [6, 6.07) is 5.61. The third-order valence-corrected chi connectivity index (χ3v) is 3.12. The molecule has 0 aliphatic carbocycles. The maximum absolute atomic E-state index is 11.8. The van der Waals surface area contributed by atoms with Crippen molar-refractivity contribution in [1.29, 1.82) is 0 Å². The van der Waals surface area contributed by atoms with Crippen LogP contribution in [-0.4, -0.2) is 35.1 Å². The number of benzene rings is 1. The first kappa shape index (κ1) is 15.1. The molecule has 7 heteroatoms. The maximum Gasteiger partial charge on any atom is 0.271 e. The van der Waals surface area contributed by atoms with Crippen LogP contribution in [0.2, 0.25) is 0 Å². The van der Waals surface area contributed by atoms with Crippen molar-refractivity contribution < 1.29 is 14.3 Å². The van der Waals surface area contributed by atoms with Crippen LogP contribution >= 0.6 is 0 Å². The van der Waals surface area contributed by atoms with E-state index in [0.29, 0.717) is 24.8 Å². The molecule has 120 valence electrons. The Labute approximate surface area is 134 Å². The molecule has 2 N–H and O–H groups in total. The number of carbonyl (C=O) groups is 1. The summed E-state index contributed by atoms with van der Waals surface area (Å²) in [5.74, 6) is 1.73. The van der Waals surface area contributed by atoms with Crippen molar-refractivity contribution in [3.63, 3.8) is 0 Å². The zero-order valence-electron chi connectivity index (χ0n) is 13.0. The van der Waals surface area contributed by atoms with Gasteiger partial charge >= 0.3 is 0 Å². The van der Waals surface area contributed by atoms with Gasteiger partial charge in [-0.25, -0.2) is 9.97 Å². The summed E-state index contributed by atoms with van der Waals surface area (Å²) in [5, 5.41) is 5.89. The fraction of sp³-hybridized carbons (Fsp3) is 0.312. The normalized spacial score (nSPS) is 12.8. The fourth-order valence-electron chi connectivity index (χ4n) is 2.11. The highest BCUT2D eigenvalue weighted by atomic mass is 16.6. The average Bonchev–Trinajstić information content (AvgIpc) is 2.55. The Morgan fingerprint density at radius 3 is 2.61 bits per heavy atom. The van der Waals surface area contributed by atoms with E-state index < -0.39 is 0 Å². The number of hydrogen-bond donors (Lipinski definition) is 2. The Kier molecular flexibility index (Phi) is 4.27. The van der Waals surface area contributed by atoms with Crippen LogP contribution in [0.5, 0.6) is 11.5 Å². The van der Waals surface area contributed by atoms with E-state index in [9.17, 15) is 4.79 Å². The first-order valence-corrected chi connectivity index (χ1v) is 7.41. The number of rotatable bonds is 4. The van der Waals surface area contributed by atoms with E-state index in [1.165, 1.54) is 12.4 Å². The lowest BCUT2D eigenvalue weighted by Crippen LogP contribution is -2.30. The molecule has 2 aromatic rings. The van der Waals surface area contributed by atoms with E-state index in [1.807, 2.05) is 32.0 Å². The van der Waals surface area contributed by atoms with Gasteiger partial charge in [0.25, 0.3) is 5.91 Å². The Balaban J connectivity index is 1.70. The van der Waals surface area contributed by atoms with Crippen molar-refractivity contribution in [2.45, 2.75) is 19.9 Å². The summed E-state index contributed by atoms with van der Waals surface area (Å²) in [6.45, 7) is 4.88. The summed E-state index contributed by atoms with van der Waals surface area (Å²) >= 11 is 0. The minimum Gasteiger partial charge on any atom is -0.486 e. The van der Waals surface area contributed by atoms with Gasteiger partial charge in [0, 0.05) is 17.8 Å². The number of nitrogens with zero attached hydrogens (tertiary/aromatic N) is 2. The second-order valence-corrected chi connectivity index (χ2v) is 5.40. The Morgan fingerprint density at radius 2 is 1.91 bits per heavy atom. The average molecular weight is 314 g/mol. The highest BCUT2D eigenvalue weighted by Gasteiger charge is 2.12. The number of aromatic nitrogens is 2. The number of nitrogens with one attached hydrogen (secondary N) is 2. The van der Waals surface area contributed by atoms with E-state index in [-0.39, 0.29) is 17.6 Å². The molecule has 1 aliphatic heterocycles. The molecular weight excluding hydrogens is 296 g/mol. The van der Waals surface area contributed by atoms with Crippen LogP contribution in [0.4, 0.5) is 11.5 Å². The standard InChI is InChI=1S/C16H18N4O3/c1-10(2)19-16(21)12-8-18-15(9-17-12)20-11-3-4-13-14(7-11)23-6-5-22-13/h3-4,7-10H,5-6H2,1-2H3,(H,18,20)(H,19,21). The monoisotopic (exact) mass is 314 g/mol. The fourth-order valence-corrected chi connectivity index (χ4v) is 2.11. The van der Waals surface area contributed by atoms with Gasteiger partial charge in [-0.05, 0) is 26.0 Å². The molecule has 0 saturated carbocycles. The maximum atomic E-state index is 11.8. The molecule has 0 atom stereocenters. The number of ether oxygens (including phenoxy) is 2. The third kappa shape index (κ3) is 3.68. The van der Waals surface area contributed by atoms with Crippen LogP contribution < -0.4 is 20.1 Å². The van der Waals surface area contributed by atoms with Gasteiger partial charge in [-0.3, -0.25) is 4.79 Å². The van der Waals surface area contributed by atoms with Crippen LogP contribution in [0.1, 0.15) is 24.3 Å². The highest BCUT2D eigenvalue weighted by molar-refractivity contribution is 5.92. The van der Waals surface area contributed by atoms with Crippen LogP contribution in [0.3, 0.4) is 0 Å². The van der Waals surface area contributed by atoms with Gasteiger partial charge in [-0.1, -0.05) is 0 Å². The molecule has 1 aliphatic rings. The van der Waals surface area contributed by atoms with Crippen molar-refractivity contribution in [2.24, 2.45) is 0 Å². The molecule has 0 bridgehead atoms. The minimum absolute atomic E-state index is 0.0554. The second kappa shape index (κ2) is 6.51. The molecule has 1 aromatic heterocycles. The predicted molar refractivity (Wildman–Crippen MR) is 85.3 cm³/mol. The number of amides is 1. The predicted octanol–water partition coefficient (Wildman–Crippen LogP) is 2.13. The molecule has 3 rings (SSSR count). The molecule has 0 fully saturated rings. The van der Waals surface area contributed by atoms with Crippen LogP contribution in [-0.2, 0) is 0 Å². The van der Waals surface area contributed by atoms with E-state index >= 15 is 0 Å². The summed E-state index contributed by atoms with van der Waals surface area (Å²) in [7, 11) is 0. The van der Waals surface area contributed by atoms with Crippen molar-refractivity contribution in [1.82, 2.24) is 15.3 Å². The Morgan fingerprint density at radius 1 is 1.13 bits per heavy atom. The SMILES string of the molecule is CC(C)NC(=O)c1cnc(Nc2ccc3c(c2)OCCO3)cn1. The number of anilines is 2. The van der Waals surface area contributed by atoms with Gasteiger partial charge in [0.15, 0.2) is 11.5 Å². The summed E-state index contributed by atoms with van der Waals surface area (Å²) in [6.07, 6.45) is 2.96. The van der Waals surface area contributed by atoms with Gasteiger partial charge in [0.05, 0.1) is 12.4 Å². The van der Waals surface area contributed by atoms with Crippen molar-refractivity contribution in [3.8, 4) is 11.5 Å². The summed E-state index contributed by atoms with van der Waals surface area (Å²) < 4.78 is 11.0. The van der Waals surface area contributed by atoms with Gasteiger partial charge in [-0.15, -0.1) is 0 Å². The number of hydrogen-bond acceptors (Lipinski definition) is 6. The number of carbonyl (C=O) groups excluding carboxylic acids is 1. The van der Waals surface area contributed by atoms with Gasteiger partial charge in [-0.2, -0.15) is 0 Å². The van der Waals surface area contributed by atoms with E-state index in [2.05, 4.69) is 20.6 Å². The topological polar surface area (TPSA) is 85.4 Å². The lowest BCUT2D eigenvalue weighted by Gasteiger charge is -2.19. The smallest absolute Gasteiger partial charge is 0.271 e. The lowest BCUT2D eigenvalue weighted by atomic mass is 10.2. The van der Waals surface area contributed by atoms with E-state index in [0.717, 1.165) is 11.4 Å². The van der Waals surface area contributed by atoms with Crippen LogP contribution in [0.15, 0.2) is 30.6 Å². The Hall–Kier alpha value is -2.83. The highest BCUT2D eigenvalue weighted by Crippen LogP contribution is 2.33. The molecule has 1 amide bonds. The zero-order chi connectivity index (χ0) is 16.2. The summed E-state index contributed by atoms with van der Waals surface area (Å²) in [4.78, 5) is 20.2. The molecule has 0 radical (unpaired) electrons. The zero-order valence-corrected chi connectivity index (χ0v) is 13.0. The van der Waals surface area contributed by atoms with Gasteiger partial charge < -0.3 is 20.1 Å². The Bertz CT molecular complexity index is 701. The molecule has 1 aromatic carbocycles. The molecule has 0 saturated heterocycles. The van der Waals surface area contributed by atoms with Crippen LogP contribution in [0, 0.1) is 0 Å². The van der Waals surface area contributed by atoms with Crippen LogP contribution in [0.25, 0.3) is 0 Å². The minimum atomic E-state index is -0.238. The van der Waals surface area contributed by atoms with E-state index in [1.54, 1.807) is 0 Å². The van der Waals surface area contributed by atoms with Crippen molar-refractivity contribution >= 4 is 17.4 Å². The summed E-state index contributed by atoms with van der Waals surface area (Å²) in [5.41, 5.74) is 1.09. The largest absolute Gasteiger partial charge is 0.486 e. The van der Waals surface area contributed by atoms with Crippen molar-refractivity contribution in [3.05, 3.63) is 36.3 Å². The van der Waals surface area contributed by atoms with Gasteiger partial charge in [0.2, 0.25) is 0 Å². The number of fused-ring (bicyclic) bond motifs is 1. The third-order valence-electron chi connectivity index (χ3n) is 3.12. The lowest BCUT2D eigenvalue weighted by molar-refractivity contribution is 0.0937. The van der Waals surface area contributed by atoms with Crippen molar-refractivity contribution in [2.75, 3.05) is 18.5 Å². The quantitative estimate of drug-likeness (QED) is 0.899. The van der Waals surface area contributed by atoms with E-state index in [4.69, 9.17) is 9.47 Å².